The molecule has 1 amide bonds. The molecule has 3 aromatic rings. The van der Waals surface area contributed by atoms with Crippen molar-refractivity contribution in [2.45, 2.75) is 26.3 Å². The number of Topliss-reactive ketones (excluding diaryl/α,β-unsaturated/α-hetero) is 1. The minimum atomic E-state index is -0.145. The number of ketones is 1. The summed E-state index contributed by atoms with van der Waals surface area (Å²) in [7, 11) is 0. The van der Waals surface area contributed by atoms with Gasteiger partial charge in [0.1, 0.15) is 5.65 Å². The quantitative estimate of drug-likeness (QED) is 0.710. The molecule has 2 aromatic heterocycles. The van der Waals surface area contributed by atoms with Crippen LogP contribution in [-0.2, 0) is 11.3 Å². The third-order valence-corrected chi connectivity index (χ3v) is 3.87. The Kier molecular flexibility index (Phi) is 4.70. The Hall–Kier alpha value is -2.95. The van der Waals surface area contributed by atoms with Crippen LogP contribution in [0.3, 0.4) is 0 Å². The van der Waals surface area contributed by atoms with Crippen molar-refractivity contribution in [3.63, 3.8) is 0 Å². The average molecular weight is 321 g/mol. The zero-order valence-electron chi connectivity index (χ0n) is 13.5. The van der Waals surface area contributed by atoms with E-state index in [1.807, 2.05) is 54.0 Å². The van der Waals surface area contributed by atoms with Crippen molar-refractivity contribution in [2.24, 2.45) is 0 Å². The summed E-state index contributed by atoms with van der Waals surface area (Å²) in [4.78, 5) is 28.4. The molecule has 0 fully saturated rings. The fraction of sp³-hybridized carbons (Fsp3) is 0.211. The molecule has 1 N–H and O–H groups in total. The number of carbonyl (C=O) groups excluding carboxylic acids is 2. The van der Waals surface area contributed by atoms with Gasteiger partial charge in [0.25, 0.3) is 0 Å². The minimum absolute atomic E-state index is 0.0193. The summed E-state index contributed by atoms with van der Waals surface area (Å²) in [6.45, 7) is 2.36. The van der Waals surface area contributed by atoms with Gasteiger partial charge in [-0.05, 0) is 18.6 Å². The molecule has 0 bridgehead atoms. The van der Waals surface area contributed by atoms with Crippen LogP contribution >= 0.6 is 0 Å². The highest BCUT2D eigenvalue weighted by atomic mass is 16.2. The number of imidazole rings is 1. The summed E-state index contributed by atoms with van der Waals surface area (Å²) >= 11 is 0. The van der Waals surface area contributed by atoms with E-state index >= 15 is 0 Å². The van der Waals surface area contributed by atoms with Gasteiger partial charge in [-0.15, -0.1) is 0 Å². The summed E-state index contributed by atoms with van der Waals surface area (Å²) in [6, 6.07) is 13.0. The predicted molar refractivity (Wildman–Crippen MR) is 91.8 cm³/mol. The number of hydrogen-bond acceptors (Lipinski definition) is 3. The molecule has 0 atom stereocenters. The lowest BCUT2D eigenvalue weighted by Crippen LogP contribution is -2.23. The Balaban J connectivity index is 1.52. The Morgan fingerprint density at radius 2 is 1.88 bits per heavy atom. The summed E-state index contributed by atoms with van der Waals surface area (Å²) in [5, 5.41) is 2.82. The van der Waals surface area contributed by atoms with Crippen LogP contribution < -0.4 is 5.32 Å². The number of nitrogens with one attached hydrogen (secondary N) is 1. The van der Waals surface area contributed by atoms with E-state index in [2.05, 4.69) is 10.3 Å². The Morgan fingerprint density at radius 3 is 2.62 bits per heavy atom. The molecule has 0 saturated carbocycles. The van der Waals surface area contributed by atoms with Crippen molar-refractivity contribution in [2.75, 3.05) is 0 Å². The van der Waals surface area contributed by atoms with Crippen molar-refractivity contribution in [1.82, 2.24) is 14.7 Å². The summed E-state index contributed by atoms with van der Waals surface area (Å²) in [5.41, 5.74) is 3.41. The Labute approximate surface area is 140 Å². The smallest absolute Gasteiger partial charge is 0.220 e. The first-order valence-electron chi connectivity index (χ1n) is 7.91. The van der Waals surface area contributed by atoms with Crippen LogP contribution in [0.2, 0.25) is 0 Å². The van der Waals surface area contributed by atoms with E-state index in [0.717, 1.165) is 16.9 Å². The molecular weight excluding hydrogens is 302 g/mol. The molecule has 0 aliphatic rings. The van der Waals surface area contributed by atoms with Crippen LogP contribution in [0.15, 0.2) is 54.9 Å². The maximum atomic E-state index is 12.0. The second kappa shape index (κ2) is 7.08. The highest BCUT2D eigenvalue weighted by molar-refractivity contribution is 5.97. The molecule has 0 radical (unpaired) electrons. The number of benzene rings is 1. The van der Waals surface area contributed by atoms with Gasteiger partial charge in [0, 0.05) is 30.8 Å². The van der Waals surface area contributed by atoms with E-state index in [1.165, 1.54) is 0 Å². The second-order valence-electron chi connectivity index (χ2n) is 5.72. The molecule has 5 nitrogen and oxygen atoms in total. The number of rotatable bonds is 6. The SMILES string of the molecule is Cc1cccn2cc(CNC(=O)CCC(=O)c3ccccc3)nc12. The number of carbonyl (C=O) groups is 2. The van der Waals surface area contributed by atoms with E-state index in [0.29, 0.717) is 12.1 Å². The zero-order chi connectivity index (χ0) is 16.9. The molecule has 0 unspecified atom stereocenters. The predicted octanol–water partition coefficient (Wildman–Crippen LogP) is 2.92. The Bertz CT molecular complexity index is 869. The summed E-state index contributed by atoms with van der Waals surface area (Å²) in [5.74, 6) is -0.165. The van der Waals surface area contributed by atoms with Crippen LogP contribution in [0.5, 0.6) is 0 Å². The summed E-state index contributed by atoms with van der Waals surface area (Å²) in [6.07, 6.45) is 4.22. The molecule has 2 heterocycles. The lowest BCUT2D eigenvalue weighted by molar-refractivity contribution is -0.121. The number of fused-ring (bicyclic) bond motifs is 1. The first-order chi connectivity index (χ1) is 11.6. The van der Waals surface area contributed by atoms with Gasteiger partial charge in [-0.25, -0.2) is 4.98 Å². The van der Waals surface area contributed by atoms with E-state index in [-0.39, 0.29) is 24.5 Å². The number of aryl methyl sites for hydroxylation is 1. The van der Waals surface area contributed by atoms with Gasteiger partial charge in [0.15, 0.2) is 5.78 Å². The van der Waals surface area contributed by atoms with Crippen molar-refractivity contribution >= 4 is 17.3 Å². The number of amides is 1. The number of aromatic nitrogens is 2. The van der Waals surface area contributed by atoms with Gasteiger partial charge in [-0.1, -0.05) is 36.4 Å². The fourth-order valence-corrected chi connectivity index (χ4v) is 2.56. The van der Waals surface area contributed by atoms with Crippen LogP contribution in [0.1, 0.15) is 34.5 Å². The third kappa shape index (κ3) is 3.68. The van der Waals surface area contributed by atoms with Crippen molar-refractivity contribution in [3.8, 4) is 0 Å². The Morgan fingerprint density at radius 1 is 1.08 bits per heavy atom. The van der Waals surface area contributed by atoms with Crippen molar-refractivity contribution < 1.29 is 9.59 Å². The van der Waals surface area contributed by atoms with Crippen LogP contribution in [0, 0.1) is 6.92 Å². The number of pyridine rings is 1. The van der Waals surface area contributed by atoms with Gasteiger partial charge in [-0.2, -0.15) is 0 Å². The molecule has 1 aromatic carbocycles. The van der Waals surface area contributed by atoms with E-state index in [4.69, 9.17) is 0 Å². The highest BCUT2D eigenvalue weighted by Gasteiger charge is 2.10. The maximum Gasteiger partial charge on any atom is 0.220 e. The van der Waals surface area contributed by atoms with Gasteiger partial charge < -0.3 is 9.72 Å². The molecule has 5 heteroatoms. The van der Waals surface area contributed by atoms with Crippen LogP contribution in [0.25, 0.3) is 5.65 Å². The van der Waals surface area contributed by atoms with E-state index in [1.54, 1.807) is 12.1 Å². The molecule has 0 saturated heterocycles. The molecule has 0 aliphatic heterocycles. The molecular formula is C19H19N3O2. The van der Waals surface area contributed by atoms with Gasteiger partial charge >= 0.3 is 0 Å². The average Bonchev–Trinajstić information content (AvgIpc) is 3.03. The number of hydrogen-bond donors (Lipinski definition) is 1. The normalized spacial score (nSPS) is 10.7. The van der Waals surface area contributed by atoms with Gasteiger partial charge in [0.2, 0.25) is 5.91 Å². The van der Waals surface area contributed by atoms with Gasteiger partial charge in [-0.3, -0.25) is 9.59 Å². The molecule has 24 heavy (non-hydrogen) atoms. The fourth-order valence-electron chi connectivity index (χ4n) is 2.56. The standard InChI is InChI=1S/C19H19N3O2/c1-14-6-5-11-22-13-16(21-19(14)22)12-20-18(24)10-9-17(23)15-7-3-2-4-8-15/h2-8,11,13H,9-10,12H2,1H3,(H,20,24). The topological polar surface area (TPSA) is 63.5 Å². The molecule has 3 rings (SSSR count). The van der Waals surface area contributed by atoms with E-state index in [9.17, 15) is 9.59 Å². The van der Waals surface area contributed by atoms with E-state index < -0.39 is 0 Å². The summed E-state index contributed by atoms with van der Waals surface area (Å²) < 4.78 is 1.94. The molecule has 0 aliphatic carbocycles. The first-order valence-corrected chi connectivity index (χ1v) is 7.91. The molecule has 0 spiro atoms. The lowest BCUT2D eigenvalue weighted by Gasteiger charge is -2.03. The maximum absolute atomic E-state index is 12.0. The van der Waals surface area contributed by atoms with Crippen LogP contribution in [0.4, 0.5) is 0 Å². The minimum Gasteiger partial charge on any atom is -0.350 e. The zero-order valence-corrected chi connectivity index (χ0v) is 13.5. The number of nitrogens with zero attached hydrogens (tertiary/aromatic N) is 2. The van der Waals surface area contributed by atoms with Crippen molar-refractivity contribution in [1.29, 1.82) is 0 Å². The first kappa shape index (κ1) is 15.9. The van der Waals surface area contributed by atoms with Crippen molar-refractivity contribution in [3.05, 3.63) is 71.7 Å². The third-order valence-electron chi connectivity index (χ3n) is 3.87. The highest BCUT2D eigenvalue weighted by Crippen LogP contribution is 2.10. The van der Waals surface area contributed by atoms with Gasteiger partial charge in [0.05, 0.1) is 12.2 Å². The lowest BCUT2D eigenvalue weighted by atomic mass is 10.1. The molecule has 122 valence electrons. The van der Waals surface area contributed by atoms with Crippen LogP contribution in [-0.4, -0.2) is 21.1 Å². The second-order valence-corrected chi connectivity index (χ2v) is 5.72. The monoisotopic (exact) mass is 321 g/mol. The largest absolute Gasteiger partial charge is 0.350 e.